The number of hydrogen-bond acceptors (Lipinski definition) is 5. The molecular weight excluding hydrogens is 362 g/mol. The fraction of sp³-hybridized carbons (Fsp3) is 0.261. The molecule has 2 aromatic carbocycles. The van der Waals surface area contributed by atoms with E-state index >= 15 is 0 Å². The SMILES string of the molecule is Cc1cc(N(C)C)nc(NCCNC(=O)C(c2ccccc2)c2ccccc2)n1. The van der Waals surface area contributed by atoms with E-state index in [0.29, 0.717) is 19.0 Å². The quantitative estimate of drug-likeness (QED) is 0.579. The maximum Gasteiger partial charge on any atom is 0.232 e. The number of carbonyl (C=O) groups excluding carboxylic acids is 1. The number of hydrogen-bond donors (Lipinski definition) is 2. The van der Waals surface area contributed by atoms with Gasteiger partial charge in [0.2, 0.25) is 11.9 Å². The van der Waals surface area contributed by atoms with E-state index in [2.05, 4.69) is 20.6 Å². The maximum absolute atomic E-state index is 13.0. The summed E-state index contributed by atoms with van der Waals surface area (Å²) in [5, 5.41) is 6.23. The fourth-order valence-corrected chi connectivity index (χ4v) is 3.11. The number of anilines is 2. The molecule has 0 aliphatic heterocycles. The Morgan fingerprint density at radius 3 is 2.07 bits per heavy atom. The van der Waals surface area contributed by atoms with Crippen LogP contribution < -0.4 is 15.5 Å². The molecule has 29 heavy (non-hydrogen) atoms. The van der Waals surface area contributed by atoms with Crippen LogP contribution in [-0.2, 0) is 4.79 Å². The van der Waals surface area contributed by atoms with Crippen molar-refractivity contribution in [1.29, 1.82) is 0 Å². The van der Waals surface area contributed by atoms with Crippen LogP contribution in [0.1, 0.15) is 22.7 Å². The zero-order valence-corrected chi connectivity index (χ0v) is 17.1. The summed E-state index contributed by atoms with van der Waals surface area (Å²) in [5.74, 6) is 1.04. The average Bonchev–Trinajstić information content (AvgIpc) is 2.72. The minimum atomic E-state index is -0.340. The van der Waals surface area contributed by atoms with E-state index in [1.54, 1.807) is 0 Å². The van der Waals surface area contributed by atoms with E-state index in [4.69, 9.17) is 0 Å². The van der Waals surface area contributed by atoms with Crippen molar-refractivity contribution in [2.24, 2.45) is 0 Å². The predicted molar refractivity (Wildman–Crippen MR) is 117 cm³/mol. The van der Waals surface area contributed by atoms with Gasteiger partial charge in [0.15, 0.2) is 0 Å². The molecule has 0 atom stereocenters. The van der Waals surface area contributed by atoms with Gasteiger partial charge in [-0.25, -0.2) is 4.98 Å². The summed E-state index contributed by atoms with van der Waals surface area (Å²) in [6.45, 7) is 2.95. The number of carbonyl (C=O) groups is 1. The van der Waals surface area contributed by atoms with E-state index in [1.807, 2.05) is 92.6 Å². The number of amides is 1. The molecule has 3 aromatic rings. The third-order valence-electron chi connectivity index (χ3n) is 4.53. The Hall–Kier alpha value is -3.41. The van der Waals surface area contributed by atoms with Crippen molar-refractivity contribution >= 4 is 17.7 Å². The minimum Gasteiger partial charge on any atom is -0.363 e. The predicted octanol–water partition coefficient (Wildman–Crippen LogP) is 3.21. The topological polar surface area (TPSA) is 70.2 Å². The molecule has 0 unspecified atom stereocenters. The normalized spacial score (nSPS) is 10.6. The third-order valence-corrected chi connectivity index (χ3v) is 4.53. The molecule has 1 amide bonds. The lowest BCUT2D eigenvalue weighted by Crippen LogP contribution is -2.33. The number of benzene rings is 2. The smallest absolute Gasteiger partial charge is 0.232 e. The van der Waals surface area contributed by atoms with Gasteiger partial charge in [0.1, 0.15) is 5.82 Å². The fourth-order valence-electron chi connectivity index (χ4n) is 3.11. The molecule has 6 nitrogen and oxygen atoms in total. The molecule has 0 radical (unpaired) electrons. The number of nitrogens with one attached hydrogen (secondary N) is 2. The van der Waals surface area contributed by atoms with E-state index in [-0.39, 0.29) is 11.8 Å². The van der Waals surface area contributed by atoms with Gasteiger partial charge >= 0.3 is 0 Å². The summed E-state index contributed by atoms with van der Waals surface area (Å²) in [4.78, 5) is 23.8. The highest BCUT2D eigenvalue weighted by Gasteiger charge is 2.21. The zero-order valence-electron chi connectivity index (χ0n) is 17.1. The number of rotatable bonds is 8. The molecule has 0 spiro atoms. The minimum absolute atomic E-state index is 0.0247. The van der Waals surface area contributed by atoms with Gasteiger partial charge in [-0.15, -0.1) is 0 Å². The second-order valence-electron chi connectivity index (χ2n) is 7.06. The molecule has 1 aromatic heterocycles. The summed E-state index contributed by atoms with van der Waals surface area (Å²) < 4.78 is 0. The van der Waals surface area contributed by atoms with Gasteiger partial charge in [0.25, 0.3) is 0 Å². The number of nitrogens with zero attached hydrogens (tertiary/aromatic N) is 3. The van der Waals surface area contributed by atoms with Crippen LogP contribution in [0.2, 0.25) is 0 Å². The molecule has 2 N–H and O–H groups in total. The van der Waals surface area contributed by atoms with Crippen molar-refractivity contribution in [3.63, 3.8) is 0 Å². The van der Waals surface area contributed by atoms with Crippen LogP contribution in [0, 0.1) is 6.92 Å². The summed E-state index contributed by atoms with van der Waals surface area (Å²) in [6, 6.07) is 21.6. The molecule has 0 fully saturated rings. The van der Waals surface area contributed by atoms with Crippen molar-refractivity contribution < 1.29 is 4.79 Å². The molecule has 150 valence electrons. The van der Waals surface area contributed by atoms with Gasteiger partial charge in [-0.05, 0) is 18.1 Å². The summed E-state index contributed by atoms with van der Waals surface area (Å²) in [6.07, 6.45) is 0. The van der Waals surface area contributed by atoms with Crippen LogP contribution in [0.15, 0.2) is 66.7 Å². The maximum atomic E-state index is 13.0. The lowest BCUT2D eigenvalue weighted by Gasteiger charge is -2.18. The Morgan fingerprint density at radius 1 is 0.931 bits per heavy atom. The van der Waals surface area contributed by atoms with Gasteiger partial charge in [0.05, 0.1) is 5.92 Å². The second kappa shape index (κ2) is 9.68. The first-order chi connectivity index (χ1) is 14.0. The molecule has 6 heteroatoms. The Morgan fingerprint density at radius 2 is 1.52 bits per heavy atom. The van der Waals surface area contributed by atoms with Crippen LogP contribution in [0.5, 0.6) is 0 Å². The summed E-state index contributed by atoms with van der Waals surface area (Å²) >= 11 is 0. The second-order valence-corrected chi connectivity index (χ2v) is 7.06. The first-order valence-corrected chi connectivity index (χ1v) is 9.69. The lowest BCUT2D eigenvalue weighted by molar-refractivity contribution is -0.121. The Labute approximate surface area is 172 Å². The molecule has 3 rings (SSSR count). The van der Waals surface area contributed by atoms with Crippen molar-refractivity contribution in [3.8, 4) is 0 Å². The van der Waals surface area contributed by atoms with Gasteiger partial charge in [-0.1, -0.05) is 60.7 Å². The molecule has 0 bridgehead atoms. The number of aryl methyl sites for hydroxylation is 1. The average molecular weight is 390 g/mol. The van der Waals surface area contributed by atoms with Crippen LogP contribution >= 0.6 is 0 Å². The first kappa shape index (κ1) is 20.3. The Bertz CT molecular complexity index is 889. The molecule has 0 aliphatic carbocycles. The molecule has 0 saturated carbocycles. The van der Waals surface area contributed by atoms with Crippen LogP contribution in [0.4, 0.5) is 11.8 Å². The van der Waals surface area contributed by atoms with Crippen molar-refractivity contribution in [3.05, 3.63) is 83.6 Å². The Balaban J connectivity index is 1.63. The molecule has 0 aliphatic rings. The lowest BCUT2D eigenvalue weighted by atomic mass is 9.90. The van der Waals surface area contributed by atoms with Crippen molar-refractivity contribution in [2.75, 3.05) is 37.4 Å². The Kier molecular flexibility index (Phi) is 6.79. The van der Waals surface area contributed by atoms with Crippen molar-refractivity contribution in [2.45, 2.75) is 12.8 Å². The van der Waals surface area contributed by atoms with E-state index in [0.717, 1.165) is 22.6 Å². The summed E-state index contributed by atoms with van der Waals surface area (Å²) in [7, 11) is 3.89. The van der Waals surface area contributed by atoms with E-state index < -0.39 is 0 Å². The van der Waals surface area contributed by atoms with Crippen LogP contribution in [0.3, 0.4) is 0 Å². The van der Waals surface area contributed by atoms with E-state index in [9.17, 15) is 4.79 Å². The summed E-state index contributed by atoms with van der Waals surface area (Å²) in [5.41, 5.74) is 2.84. The van der Waals surface area contributed by atoms with Gasteiger partial charge < -0.3 is 15.5 Å². The third kappa shape index (κ3) is 5.54. The highest BCUT2D eigenvalue weighted by atomic mass is 16.1. The molecule has 0 saturated heterocycles. The first-order valence-electron chi connectivity index (χ1n) is 9.69. The largest absolute Gasteiger partial charge is 0.363 e. The highest BCUT2D eigenvalue weighted by molar-refractivity contribution is 5.87. The van der Waals surface area contributed by atoms with Gasteiger partial charge in [0, 0.05) is 38.9 Å². The van der Waals surface area contributed by atoms with Gasteiger partial charge in [-0.3, -0.25) is 4.79 Å². The standard InChI is InChI=1S/C23H27N5O/c1-17-16-20(28(2)3)27-23(26-17)25-15-14-24-22(29)21(18-10-6-4-7-11-18)19-12-8-5-9-13-19/h4-13,16,21H,14-15H2,1-3H3,(H,24,29)(H,25,26,27). The molecule has 1 heterocycles. The molecular formula is C23H27N5O. The number of aromatic nitrogens is 2. The van der Waals surface area contributed by atoms with Crippen LogP contribution in [0.25, 0.3) is 0 Å². The van der Waals surface area contributed by atoms with Crippen LogP contribution in [-0.4, -0.2) is 43.1 Å². The van der Waals surface area contributed by atoms with E-state index in [1.165, 1.54) is 0 Å². The highest BCUT2D eigenvalue weighted by Crippen LogP contribution is 2.24. The van der Waals surface area contributed by atoms with Gasteiger partial charge in [-0.2, -0.15) is 4.98 Å². The van der Waals surface area contributed by atoms with Crippen molar-refractivity contribution in [1.82, 2.24) is 15.3 Å². The zero-order chi connectivity index (χ0) is 20.6. The monoisotopic (exact) mass is 389 g/mol.